The first-order chi connectivity index (χ1) is 10.3. The molecule has 0 aliphatic carbocycles. The fourth-order valence-corrected chi connectivity index (χ4v) is 4.12. The van der Waals surface area contributed by atoms with Crippen molar-refractivity contribution >= 4 is 23.5 Å². The Bertz CT molecular complexity index is 546. The third kappa shape index (κ3) is 5.64. The number of allylic oxidation sites excluding steroid dienone is 1. The maximum absolute atomic E-state index is 2.40. The Morgan fingerprint density at radius 2 is 1.52 bits per heavy atom. The molecule has 0 aliphatic rings. The van der Waals surface area contributed by atoms with Gasteiger partial charge in [0.05, 0.1) is 0 Å². The van der Waals surface area contributed by atoms with E-state index in [1.54, 1.807) is 0 Å². The summed E-state index contributed by atoms with van der Waals surface area (Å²) in [5.74, 6) is 0. The van der Waals surface area contributed by atoms with Crippen molar-refractivity contribution in [3.63, 3.8) is 0 Å². The monoisotopic (exact) mass is 314 g/mol. The zero-order chi connectivity index (χ0) is 14.9. The highest BCUT2D eigenvalue weighted by Crippen LogP contribution is 2.37. The zero-order valence-electron chi connectivity index (χ0n) is 12.7. The van der Waals surface area contributed by atoms with Crippen LogP contribution in [0.2, 0.25) is 0 Å². The lowest BCUT2D eigenvalue weighted by Gasteiger charge is -2.16. The topological polar surface area (TPSA) is 0 Å². The van der Waals surface area contributed by atoms with E-state index in [0.29, 0.717) is 5.25 Å². The van der Waals surface area contributed by atoms with Gasteiger partial charge in [0.15, 0.2) is 0 Å². The van der Waals surface area contributed by atoms with Crippen molar-refractivity contribution in [2.24, 2.45) is 0 Å². The van der Waals surface area contributed by atoms with E-state index in [4.69, 9.17) is 0 Å². The Hall–Kier alpha value is -1.12. The van der Waals surface area contributed by atoms with Crippen LogP contribution in [0.3, 0.4) is 0 Å². The molecule has 0 fully saturated rings. The second-order valence-electron chi connectivity index (χ2n) is 4.88. The molecule has 2 rings (SSSR count). The molecule has 0 saturated heterocycles. The first kappa shape index (κ1) is 16.3. The smallest absolute Gasteiger partial charge is 0.0376 e. The summed E-state index contributed by atoms with van der Waals surface area (Å²) in [6.07, 6.45) is 4.74. The molecule has 0 N–H and O–H groups in total. The van der Waals surface area contributed by atoms with Gasteiger partial charge < -0.3 is 0 Å². The highest BCUT2D eigenvalue weighted by Gasteiger charge is 2.11. The van der Waals surface area contributed by atoms with E-state index in [-0.39, 0.29) is 0 Å². The zero-order valence-corrected chi connectivity index (χ0v) is 14.3. The predicted molar refractivity (Wildman–Crippen MR) is 97.1 cm³/mol. The number of rotatable bonds is 7. The molecule has 0 nitrogen and oxygen atoms in total. The normalized spacial score (nSPS) is 13.1. The molecule has 0 bridgehead atoms. The van der Waals surface area contributed by atoms with Crippen molar-refractivity contribution in [3.05, 3.63) is 71.6 Å². The Labute approximate surface area is 137 Å². The van der Waals surface area contributed by atoms with Crippen LogP contribution in [0.25, 0.3) is 0 Å². The van der Waals surface area contributed by atoms with Crippen molar-refractivity contribution in [2.45, 2.75) is 41.7 Å². The molecule has 0 radical (unpaired) electrons. The van der Waals surface area contributed by atoms with E-state index in [9.17, 15) is 0 Å². The van der Waals surface area contributed by atoms with Crippen molar-refractivity contribution in [2.75, 3.05) is 0 Å². The average Bonchev–Trinajstić information content (AvgIpc) is 2.53. The fourth-order valence-electron chi connectivity index (χ4n) is 1.96. The van der Waals surface area contributed by atoms with Crippen LogP contribution in [0.15, 0.2) is 81.4 Å². The van der Waals surface area contributed by atoms with Gasteiger partial charge in [-0.1, -0.05) is 67.6 Å². The van der Waals surface area contributed by atoms with Crippen molar-refractivity contribution in [1.29, 1.82) is 0 Å². The third-order valence-corrected chi connectivity index (χ3v) is 5.63. The number of hydrogen-bond donors (Lipinski definition) is 0. The summed E-state index contributed by atoms with van der Waals surface area (Å²) >= 11 is 3.83. The molecule has 0 aliphatic heterocycles. The SMILES string of the molecule is CCC/C=C(\Sc1ccccc1)C(C)Sc1ccccc1. The van der Waals surface area contributed by atoms with Crippen LogP contribution in [0.5, 0.6) is 0 Å². The molecule has 2 heteroatoms. The Morgan fingerprint density at radius 1 is 0.952 bits per heavy atom. The van der Waals surface area contributed by atoms with Crippen LogP contribution in [-0.2, 0) is 0 Å². The van der Waals surface area contributed by atoms with Crippen LogP contribution in [-0.4, -0.2) is 5.25 Å². The molecule has 110 valence electrons. The number of benzene rings is 2. The molecule has 1 unspecified atom stereocenters. The molecule has 2 aromatic carbocycles. The van der Waals surface area contributed by atoms with E-state index in [2.05, 4.69) is 80.6 Å². The average molecular weight is 315 g/mol. The Kier molecular flexibility index (Phi) is 6.98. The maximum atomic E-state index is 2.40. The van der Waals surface area contributed by atoms with Crippen molar-refractivity contribution < 1.29 is 0 Å². The molecule has 0 spiro atoms. The van der Waals surface area contributed by atoms with Crippen LogP contribution >= 0.6 is 23.5 Å². The number of hydrogen-bond acceptors (Lipinski definition) is 2. The van der Waals surface area contributed by atoms with E-state index in [0.717, 1.165) is 6.42 Å². The summed E-state index contributed by atoms with van der Waals surface area (Å²) in [5.41, 5.74) is 0. The lowest BCUT2D eigenvalue weighted by atomic mass is 10.3. The largest absolute Gasteiger partial charge is 0.118 e. The van der Waals surface area contributed by atoms with Gasteiger partial charge in [0.25, 0.3) is 0 Å². The number of unbranched alkanes of at least 4 members (excludes halogenated alkanes) is 1. The van der Waals surface area contributed by atoms with Gasteiger partial charge in [0.1, 0.15) is 0 Å². The van der Waals surface area contributed by atoms with Gasteiger partial charge in [0, 0.05) is 15.0 Å². The summed E-state index contributed by atoms with van der Waals surface area (Å²) in [6, 6.07) is 21.3. The second-order valence-corrected chi connectivity index (χ2v) is 7.44. The molecule has 0 heterocycles. The summed E-state index contributed by atoms with van der Waals surface area (Å²) in [5, 5.41) is 0.476. The van der Waals surface area contributed by atoms with E-state index < -0.39 is 0 Å². The van der Waals surface area contributed by atoms with Gasteiger partial charge in [-0.3, -0.25) is 0 Å². The van der Waals surface area contributed by atoms with E-state index >= 15 is 0 Å². The Balaban J connectivity index is 2.08. The predicted octanol–water partition coefficient (Wildman–Crippen LogP) is 6.64. The van der Waals surface area contributed by atoms with Gasteiger partial charge in [-0.25, -0.2) is 0 Å². The molecule has 0 saturated carbocycles. The fraction of sp³-hybridized carbons (Fsp3) is 0.263. The summed E-state index contributed by atoms with van der Waals surface area (Å²) < 4.78 is 0. The van der Waals surface area contributed by atoms with Gasteiger partial charge in [0.2, 0.25) is 0 Å². The minimum absolute atomic E-state index is 0.476. The lowest BCUT2D eigenvalue weighted by molar-refractivity contribution is 0.950. The van der Waals surface area contributed by atoms with Gasteiger partial charge in [-0.15, -0.1) is 11.8 Å². The van der Waals surface area contributed by atoms with Crippen LogP contribution in [0.4, 0.5) is 0 Å². The molecule has 0 aromatic heterocycles. The second kappa shape index (κ2) is 9.01. The van der Waals surface area contributed by atoms with Crippen LogP contribution in [0, 0.1) is 0 Å². The van der Waals surface area contributed by atoms with Crippen molar-refractivity contribution in [1.82, 2.24) is 0 Å². The summed E-state index contributed by atoms with van der Waals surface area (Å²) in [4.78, 5) is 4.11. The highest BCUT2D eigenvalue weighted by molar-refractivity contribution is 8.06. The van der Waals surface area contributed by atoms with Gasteiger partial charge in [-0.2, -0.15) is 0 Å². The molecule has 1 atom stereocenters. The summed E-state index contributed by atoms with van der Waals surface area (Å²) in [6.45, 7) is 4.53. The highest BCUT2D eigenvalue weighted by atomic mass is 32.2. The number of thioether (sulfide) groups is 2. The summed E-state index contributed by atoms with van der Waals surface area (Å²) in [7, 11) is 0. The molecule has 2 aromatic rings. The Morgan fingerprint density at radius 3 is 2.10 bits per heavy atom. The van der Waals surface area contributed by atoms with Crippen LogP contribution < -0.4 is 0 Å². The van der Waals surface area contributed by atoms with E-state index in [1.165, 1.54) is 21.1 Å². The first-order valence-electron chi connectivity index (χ1n) is 7.44. The van der Waals surface area contributed by atoms with Gasteiger partial charge in [-0.05, 0) is 42.5 Å². The van der Waals surface area contributed by atoms with Gasteiger partial charge >= 0.3 is 0 Å². The van der Waals surface area contributed by atoms with E-state index in [1.807, 2.05) is 23.5 Å². The van der Waals surface area contributed by atoms with Crippen molar-refractivity contribution in [3.8, 4) is 0 Å². The molecule has 0 amide bonds. The molecular formula is C19H22S2. The maximum Gasteiger partial charge on any atom is 0.0376 e. The van der Waals surface area contributed by atoms with Crippen LogP contribution in [0.1, 0.15) is 26.7 Å². The minimum atomic E-state index is 0.476. The minimum Gasteiger partial charge on any atom is -0.118 e. The molecular weight excluding hydrogens is 292 g/mol. The lowest BCUT2D eigenvalue weighted by Crippen LogP contribution is -1.98. The molecule has 21 heavy (non-hydrogen) atoms. The standard InChI is InChI=1S/C19H22S2/c1-3-4-15-19(21-18-13-9-6-10-14-18)16(2)20-17-11-7-5-8-12-17/h5-16H,3-4H2,1-2H3/b19-15-. The third-order valence-electron chi connectivity index (χ3n) is 3.07. The quantitative estimate of drug-likeness (QED) is 0.525. The first-order valence-corrected chi connectivity index (χ1v) is 9.14.